The molecule has 0 aromatic heterocycles. The zero-order valence-electron chi connectivity index (χ0n) is 22.5. The maximum absolute atomic E-state index is 8.67. The van der Waals surface area contributed by atoms with Crippen molar-refractivity contribution in [1.29, 1.82) is 0.594 Å². The summed E-state index contributed by atoms with van der Waals surface area (Å²) in [6.45, 7) is 0. The second kappa shape index (κ2) is 59.6. The fraction of sp³-hybridized carbons (Fsp3) is 0. The molecule has 0 saturated carbocycles. The molecule has 0 aromatic rings. The first-order valence-corrected chi connectivity index (χ1v) is 360. The molecule has 0 spiro atoms. The predicted molar refractivity (Wildman–Crippen MR) is 801 cm³/mol. The molecule has 0 aliphatic heterocycles. The van der Waals surface area contributed by atoms with Crippen LogP contribution in [0, 0.1) is 0 Å². The molecular formula is HI57. The Kier molecular flexibility index (Phi) is 101. The molecule has 0 atom stereocenters. The summed E-state index contributed by atoms with van der Waals surface area (Å²) >= 11 is 93.6. The Labute approximate surface area is 721 Å². The zero-order chi connectivity index (χ0) is 46.2. The van der Waals surface area contributed by atoms with Gasteiger partial charge >= 0.3 is 767 Å². The molecule has 0 rings (SSSR count). The van der Waals surface area contributed by atoms with E-state index in [0.717, 1.165) is 0 Å². The van der Waals surface area contributed by atoms with Gasteiger partial charge in [0.25, 0.3) is 0 Å². The van der Waals surface area contributed by atoms with E-state index in [1.165, 1.54) is 0 Å². The van der Waals surface area contributed by atoms with E-state index in [1.54, 1.807) is 0 Å². The van der Waals surface area contributed by atoms with Crippen molar-refractivity contribution in [2.24, 2.45) is 0 Å². The van der Waals surface area contributed by atoms with Crippen LogP contribution in [0.25, 0.3) is 0 Å². The van der Waals surface area contributed by atoms with Crippen LogP contribution in [0.15, 0.2) is 0 Å². The van der Waals surface area contributed by atoms with Gasteiger partial charge in [0.15, 0.2) is 0 Å². The van der Waals surface area contributed by atoms with Crippen molar-refractivity contribution in [2.45, 2.75) is 0 Å². The van der Waals surface area contributed by atoms with E-state index >= 15 is 0 Å². The van der Waals surface area contributed by atoms with Gasteiger partial charge in [-0.05, 0) is 0 Å². The van der Waals surface area contributed by atoms with Crippen molar-refractivity contribution in [1.82, 2.24) is 0 Å². The SMILES string of the molecule is [2H]I(I)I(I)I(I)I(I)I(I)I(I)I(I)I(I)I(I)I(I)I(I)I(I)I(I)I(I)I(I)I(I)I(I)I(I)I(I)I(I)I(I)I(I)I(I)I(I)I(I)I(I)I(I)I(I)I. The molecule has 0 radical (unpaired) electrons. The number of hydrogen-bond acceptors (Lipinski definition) is 0. The van der Waals surface area contributed by atoms with Crippen molar-refractivity contribution in [3.05, 3.63) is 0 Å². The molecule has 57 heavy (non-hydrogen) atoms. The van der Waals surface area contributed by atoms with E-state index in [9.17, 15) is 0 Å². The molecule has 0 fully saturated rings. The third-order valence-corrected chi connectivity index (χ3v) is 4380. The summed E-state index contributed by atoms with van der Waals surface area (Å²) in [4.78, 5) is 0. The summed E-state index contributed by atoms with van der Waals surface area (Å²) in [7, 11) is -16.0. The van der Waals surface area contributed by atoms with Crippen LogP contribution >= 0.6 is 766 Å². The summed E-state index contributed by atoms with van der Waals surface area (Å²) in [6, 6.07) is 0. The fourth-order valence-electron chi connectivity index (χ4n) is 0.787. The Bertz CT molecular complexity index is 993. The molecule has 0 heterocycles. The maximum atomic E-state index is 8.67. The van der Waals surface area contributed by atoms with Gasteiger partial charge in [-0.15, -0.1) is 0 Å². The second-order valence-corrected chi connectivity index (χ2v) is 1340. The van der Waals surface area contributed by atoms with Gasteiger partial charge in [-0.1, -0.05) is 0 Å². The average Bonchev–Trinajstić information content (AvgIpc) is 3.21. The normalized spacial score (nSPS) is 19.3. The average molecular weight is 7240 g/mol. The third kappa shape index (κ3) is 41.0. The molecule has 0 aliphatic rings. The quantitative estimate of drug-likeness (QED) is 0.0719. The van der Waals surface area contributed by atoms with E-state index in [1.807, 2.05) is 0 Å². The predicted octanol–water partition coefficient (Wildman–Crippen LogP) is 50.2. The van der Waals surface area contributed by atoms with Crippen molar-refractivity contribution < 1.29 is 0 Å². The van der Waals surface area contributed by atoms with E-state index in [4.69, 9.17) is 0.594 Å². The van der Waals surface area contributed by atoms with Gasteiger partial charge in [0, 0.05) is 0 Å². The Morgan fingerprint density at radius 3 is 0.404 bits per heavy atom. The minimum atomic E-state index is -1.23. The number of hydrogen-bond donors (Lipinski definition) is 0. The summed E-state index contributed by atoms with van der Waals surface area (Å²) in [5.41, 5.74) is 0. The van der Waals surface area contributed by atoms with Gasteiger partial charge in [0.1, 0.15) is 0 Å². The van der Waals surface area contributed by atoms with Crippen molar-refractivity contribution >= 4 is 766 Å². The molecule has 0 nitrogen and oxygen atoms in total. The topological polar surface area (TPSA) is 0 Å². The fourth-order valence-corrected chi connectivity index (χ4v) is 10700. The van der Waals surface area contributed by atoms with Gasteiger partial charge in [0.2, 0.25) is 0 Å². The van der Waals surface area contributed by atoms with Crippen LogP contribution in [0.2, 0.25) is 0 Å². The molecule has 0 aliphatic carbocycles. The molecule has 0 unspecified atom stereocenters. The molecule has 0 bridgehead atoms. The molecule has 0 saturated heterocycles. The van der Waals surface area contributed by atoms with Crippen LogP contribution in [0.3, 0.4) is 0 Å². The molecule has 57 heteroatoms. The van der Waals surface area contributed by atoms with E-state index < -0.39 is 226 Å². The molecular weight excluding hydrogens is 7230 g/mol. The van der Waals surface area contributed by atoms with Gasteiger partial charge in [-0.2, -0.15) is 0 Å². The summed E-state index contributed by atoms with van der Waals surface area (Å²) in [5, 5.41) is 0. The second-order valence-electron chi connectivity index (χ2n) is 4.43. The first kappa shape index (κ1) is 96.6. The van der Waals surface area contributed by atoms with Gasteiger partial charge in [0.05, 0.1) is 0 Å². The molecule has 0 amide bonds. The van der Waals surface area contributed by atoms with Crippen LogP contribution in [-0.4, -0.2) is 0.594 Å². The standard InChI is InChI=1S/HI57/c1-30-32(4)34(6)36(8)38(10)40(12)42(14)44(16)46(18)48(20)50(22)52(24)54(26)56(28)57(29)55(27)53(25)51(23)49(21)47(19)45(17)43(15)41(13)39(11)37(9)35(7)33(5)31(2)3/h30H/i30D. The van der Waals surface area contributed by atoms with Crippen molar-refractivity contribution in [3.63, 3.8) is 0 Å². The number of rotatable bonds is 27. The Morgan fingerprint density at radius 2 is 0.298 bits per heavy atom. The first-order valence-electron chi connectivity index (χ1n) is 8.38. The van der Waals surface area contributed by atoms with Crippen LogP contribution < -0.4 is 0 Å². The monoisotopic (exact) mass is 7240 g/mol. The Morgan fingerprint density at radius 1 is 0.193 bits per heavy atom. The third-order valence-electron chi connectivity index (χ3n) is 2.16. The van der Waals surface area contributed by atoms with Crippen molar-refractivity contribution in [2.75, 3.05) is 0 Å². The van der Waals surface area contributed by atoms with Crippen LogP contribution in [-0.2, 0) is 0 Å². The Balaban J connectivity index is 5.65. The first-order chi connectivity index (χ1) is 26.3. The molecule has 0 N–H and O–H groups in total. The number of halogens is 57. The van der Waals surface area contributed by atoms with E-state index in [2.05, 4.69) is 540 Å². The van der Waals surface area contributed by atoms with Gasteiger partial charge in [-0.3, -0.25) is 0 Å². The zero-order valence-corrected chi connectivity index (χ0v) is 145. The van der Waals surface area contributed by atoms with Crippen molar-refractivity contribution in [3.8, 4) is 0 Å². The summed E-state index contributed by atoms with van der Waals surface area (Å²) in [5.74, 6) is 0. The van der Waals surface area contributed by atoms with Crippen LogP contribution in [0.5, 0.6) is 0 Å². The van der Waals surface area contributed by atoms with Gasteiger partial charge in [-0.25, -0.2) is 0 Å². The van der Waals surface area contributed by atoms with Crippen LogP contribution in [0.4, 0.5) is 0 Å². The van der Waals surface area contributed by atoms with Crippen LogP contribution in [0.1, 0.15) is 0 Å². The van der Waals surface area contributed by atoms with E-state index in [0.29, 0.717) is 0 Å². The Hall–Kier alpha value is 41.6. The molecule has 0 aromatic carbocycles. The minimum absolute atomic E-state index is 0.475. The molecule has 400 valence electrons. The van der Waals surface area contributed by atoms with Gasteiger partial charge < -0.3 is 0 Å². The summed E-state index contributed by atoms with van der Waals surface area (Å²) < 4.78 is 8.67. The van der Waals surface area contributed by atoms with E-state index in [-0.39, 0.29) is 0 Å². The summed E-state index contributed by atoms with van der Waals surface area (Å²) in [6.07, 6.45) is 0.